The molecule has 5 heteroatoms. The van der Waals surface area contributed by atoms with Crippen LogP contribution in [-0.4, -0.2) is 42.4 Å². The average molecular weight is 148 g/mol. The summed E-state index contributed by atoms with van der Waals surface area (Å²) >= 11 is 0. The molecular weight excluding hydrogens is 139 g/mol. The monoisotopic (exact) mass is 148 g/mol. The third kappa shape index (κ3) is 1.81. The summed E-state index contributed by atoms with van der Waals surface area (Å²) in [5.41, 5.74) is 0. The van der Waals surface area contributed by atoms with Crippen LogP contribution in [0, 0.1) is 0 Å². The largest absolute Gasteiger partial charge is 0.380 e. The quantitative estimate of drug-likeness (QED) is 0.483. The Labute approximate surface area is 70.3 Å². The summed E-state index contributed by atoms with van der Waals surface area (Å²) in [6.07, 6.45) is -1.34. The molecule has 0 unspecified atom stereocenters. The lowest BCUT2D eigenvalue weighted by atomic mass is 9.65. The maximum Gasteiger partial charge on any atom is 0.0947 e. The third-order valence-electron chi connectivity index (χ3n) is 1.94. The van der Waals surface area contributed by atoms with Crippen molar-refractivity contribution >= 4 is 23.5 Å². The normalized spacial score (nSPS) is 45.5. The Morgan fingerprint density at radius 3 is 2.64 bits per heavy atom. The Balaban J connectivity index is 2.52. The Hall–Kier alpha value is 0.0848. The molecule has 1 heterocycles. The van der Waals surface area contributed by atoms with Crippen molar-refractivity contribution in [2.75, 3.05) is 6.61 Å². The average Bonchev–Trinajstić information content (AvgIpc) is 2.01. The van der Waals surface area contributed by atoms with E-state index in [0.29, 0.717) is 0 Å². The summed E-state index contributed by atoms with van der Waals surface area (Å²) in [4.78, 5) is 0. The number of ether oxygens (including phenoxy) is 1. The molecule has 1 aliphatic rings. The molecule has 0 aromatic heterocycles. The van der Waals surface area contributed by atoms with E-state index in [2.05, 4.69) is 0 Å². The molecule has 1 saturated heterocycles. The Morgan fingerprint density at radius 1 is 1.45 bits per heavy atom. The van der Waals surface area contributed by atoms with E-state index in [4.69, 9.17) is 28.3 Å². The highest BCUT2D eigenvalue weighted by Gasteiger charge is 2.33. The van der Waals surface area contributed by atoms with Crippen molar-refractivity contribution in [2.24, 2.45) is 0 Å². The van der Waals surface area contributed by atoms with E-state index < -0.39 is 17.8 Å². The van der Waals surface area contributed by atoms with Gasteiger partial charge in [-0.2, -0.15) is 0 Å². The van der Waals surface area contributed by atoms with E-state index in [9.17, 15) is 4.39 Å². The zero-order valence-corrected chi connectivity index (χ0v) is 6.24. The van der Waals surface area contributed by atoms with Crippen LogP contribution in [-0.2, 0) is 4.74 Å². The van der Waals surface area contributed by atoms with Crippen LogP contribution in [0.4, 0.5) is 4.39 Å². The molecule has 11 heavy (non-hydrogen) atoms. The molecular formula is C6H8B3FO. The number of rotatable bonds is 1. The Bertz CT molecular complexity index is 133. The lowest BCUT2D eigenvalue weighted by Crippen LogP contribution is -2.37. The lowest BCUT2D eigenvalue weighted by Gasteiger charge is -2.36. The molecule has 0 spiro atoms. The van der Waals surface area contributed by atoms with Gasteiger partial charge in [-0.15, -0.1) is 0 Å². The van der Waals surface area contributed by atoms with Crippen LogP contribution >= 0.6 is 0 Å². The molecule has 1 fully saturated rings. The molecule has 0 aliphatic carbocycles. The van der Waals surface area contributed by atoms with Gasteiger partial charge >= 0.3 is 0 Å². The van der Waals surface area contributed by atoms with Crippen molar-refractivity contribution in [1.82, 2.24) is 0 Å². The first-order valence-electron chi connectivity index (χ1n) is 3.63. The SMILES string of the molecule is [B]C[C@H]1OC[C@@H]([B])[C@H](F)[C@@H]1[B]. The molecule has 54 valence electrons. The molecule has 1 rings (SSSR count). The van der Waals surface area contributed by atoms with Gasteiger partial charge in [0.2, 0.25) is 0 Å². The van der Waals surface area contributed by atoms with Crippen LogP contribution in [0.25, 0.3) is 0 Å². The molecule has 0 aromatic rings. The number of halogens is 1. The van der Waals surface area contributed by atoms with E-state index in [0.717, 1.165) is 0 Å². The van der Waals surface area contributed by atoms with E-state index in [1.54, 1.807) is 0 Å². The minimum Gasteiger partial charge on any atom is -0.380 e. The topological polar surface area (TPSA) is 9.23 Å². The summed E-state index contributed by atoms with van der Waals surface area (Å²) in [5, 5.41) is 0. The van der Waals surface area contributed by atoms with Crippen LogP contribution in [0.2, 0.25) is 18.0 Å². The first-order valence-corrected chi connectivity index (χ1v) is 3.63. The second-order valence-corrected chi connectivity index (χ2v) is 2.79. The fourth-order valence-electron chi connectivity index (χ4n) is 1.15. The van der Waals surface area contributed by atoms with Crippen molar-refractivity contribution in [3.8, 4) is 0 Å². The van der Waals surface area contributed by atoms with Crippen molar-refractivity contribution in [3.63, 3.8) is 0 Å². The molecule has 6 radical (unpaired) electrons. The lowest BCUT2D eigenvalue weighted by molar-refractivity contribution is -0.00456. The van der Waals surface area contributed by atoms with E-state index >= 15 is 0 Å². The van der Waals surface area contributed by atoms with Gasteiger partial charge in [0.15, 0.2) is 0 Å². The fraction of sp³-hybridized carbons (Fsp3) is 1.00. The van der Waals surface area contributed by atoms with Gasteiger partial charge in [0, 0.05) is 12.7 Å². The Morgan fingerprint density at radius 2 is 2.09 bits per heavy atom. The van der Waals surface area contributed by atoms with E-state index in [1.165, 1.54) is 0 Å². The minimum absolute atomic E-state index is 0.205. The number of hydrogen-bond acceptors (Lipinski definition) is 1. The van der Waals surface area contributed by atoms with E-state index in [1.807, 2.05) is 0 Å². The molecule has 0 N–H and O–H groups in total. The van der Waals surface area contributed by atoms with Crippen LogP contribution in [0.15, 0.2) is 0 Å². The van der Waals surface area contributed by atoms with Gasteiger partial charge in [-0.1, -0.05) is 6.32 Å². The highest BCUT2D eigenvalue weighted by Crippen LogP contribution is 2.33. The van der Waals surface area contributed by atoms with Crippen LogP contribution in [0.5, 0.6) is 0 Å². The summed E-state index contributed by atoms with van der Waals surface area (Å²) in [7, 11) is 16.1. The van der Waals surface area contributed by atoms with Crippen molar-refractivity contribution in [2.45, 2.75) is 30.2 Å². The predicted molar refractivity (Wildman–Crippen MR) is 44.2 cm³/mol. The third-order valence-corrected chi connectivity index (χ3v) is 1.94. The number of hydrogen-bond donors (Lipinski definition) is 0. The highest BCUT2D eigenvalue weighted by molar-refractivity contribution is 6.17. The van der Waals surface area contributed by atoms with Gasteiger partial charge in [-0.05, 0) is 11.6 Å². The predicted octanol–water partition coefficient (Wildman–Crippen LogP) is 0.224. The van der Waals surface area contributed by atoms with Gasteiger partial charge in [-0.25, -0.2) is 4.39 Å². The zero-order chi connectivity index (χ0) is 8.43. The summed E-state index contributed by atoms with van der Waals surface area (Å²) < 4.78 is 18.1. The van der Waals surface area contributed by atoms with Crippen LogP contribution in [0.3, 0.4) is 0 Å². The van der Waals surface area contributed by atoms with Gasteiger partial charge in [0.05, 0.1) is 29.7 Å². The minimum atomic E-state index is -1.20. The van der Waals surface area contributed by atoms with Crippen molar-refractivity contribution in [3.05, 3.63) is 0 Å². The first-order chi connectivity index (χ1) is 5.16. The highest BCUT2D eigenvalue weighted by atomic mass is 19.1. The maximum atomic E-state index is 13.0. The maximum absolute atomic E-state index is 13.0. The van der Waals surface area contributed by atoms with Gasteiger partial charge in [0.1, 0.15) is 0 Å². The molecule has 1 aliphatic heterocycles. The first kappa shape index (κ1) is 9.18. The van der Waals surface area contributed by atoms with Gasteiger partial charge in [-0.3, -0.25) is 0 Å². The van der Waals surface area contributed by atoms with Gasteiger partial charge in [0.25, 0.3) is 0 Å². The molecule has 0 bridgehead atoms. The van der Waals surface area contributed by atoms with Crippen molar-refractivity contribution < 1.29 is 9.13 Å². The Kier molecular flexibility index (Phi) is 3.05. The molecule has 4 atom stereocenters. The molecule has 0 saturated carbocycles. The summed E-state index contributed by atoms with van der Waals surface area (Å²) in [5.74, 6) is -1.28. The van der Waals surface area contributed by atoms with Gasteiger partial charge < -0.3 is 4.74 Å². The van der Waals surface area contributed by atoms with E-state index in [-0.39, 0.29) is 19.0 Å². The second-order valence-electron chi connectivity index (χ2n) is 2.79. The molecule has 0 aromatic carbocycles. The number of alkyl halides is 1. The molecule has 0 amide bonds. The van der Waals surface area contributed by atoms with Crippen LogP contribution in [0.1, 0.15) is 0 Å². The molecule has 1 nitrogen and oxygen atoms in total. The fourth-order valence-corrected chi connectivity index (χ4v) is 1.15. The summed E-state index contributed by atoms with van der Waals surface area (Å²) in [6.45, 7) is 0.205. The smallest absolute Gasteiger partial charge is 0.0947 e. The standard InChI is InChI=1S/C6H8B3FO/c7-1-4-5(9)6(10)3(8)2-11-4/h3-6H,1-2H2/t3-,4-,5-,6+/m1/s1. The van der Waals surface area contributed by atoms with Crippen molar-refractivity contribution in [1.29, 1.82) is 0 Å². The zero-order valence-electron chi connectivity index (χ0n) is 6.24. The van der Waals surface area contributed by atoms with Crippen LogP contribution < -0.4 is 0 Å². The summed E-state index contributed by atoms with van der Waals surface area (Å²) in [6, 6.07) is 0. The second kappa shape index (κ2) is 3.66.